The topological polar surface area (TPSA) is 67.5 Å². The van der Waals surface area contributed by atoms with Crippen molar-refractivity contribution in [3.8, 4) is 5.75 Å². The van der Waals surface area contributed by atoms with Crippen molar-refractivity contribution in [1.29, 1.82) is 0 Å². The van der Waals surface area contributed by atoms with E-state index in [0.717, 1.165) is 47.8 Å². The molecule has 30 heavy (non-hydrogen) atoms. The molecule has 0 unspecified atom stereocenters. The number of likely N-dealkylation sites (tertiary alicyclic amines) is 1. The van der Waals surface area contributed by atoms with E-state index in [0.29, 0.717) is 18.1 Å². The predicted molar refractivity (Wildman–Crippen MR) is 114 cm³/mol. The fraction of sp³-hybridized carbons (Fsp3) is 0.565. The van der Waals surface area contributed by atoms with Crippen molar-refractivity contribution < 1.29 is 14.3 Å². The largest absolute Gasteiger partial charge is 0.487 e. The van der Waals surface area contributed by atoms with E-state index in [1.165, 1.54) is 0 Å². The van der Waals surface area contributed by atoms with Crippen LogP contribution in [0, 0.1) is 25.2 Å². The third-order valence-corrected chi connectivity index (χ3v) is 7.38. The number of aromatic amines is 1. The van der Waals surface area contributed by atoms with Crippen LogP contribution in [0.5, 0.6) is 5.75 Å². The Balaban J connectivity index is 1.30. The normalized spacial score (nSPS) is 25.8. The van der Waals surface area contributed by atoms with Crippen LogP contribution in [0.2, 0.25) is 5.02 Å². The van der Waals surface area contributed by atoms with E-state index in [1.54, 1.807) is 0 Å². The fourth-order valence-corrected chi connectivity index (χ4v) is 5.56. The molecule has 1 N–H and O–H groups in total. The quantitative estimate of drug-likeness (QED) is 0.783. The first-order valence-electron chi connectivity index (χ1n) is 10.6. The molecule has 5 rings (SSSR count). The van der Waals surface area contributed by atoms with Crippen LogP contribution in [0.4, 0.5) is 0 Å². The van der Waals surface area contributed by atoms with Gasteiger partial charge in [-0.1, -0.05) is 11.6 Å². The highest BCUT2D eigenvalue weighted by Gasteiger charge is 2.56. The zero-order valence-electron chi connectivity index (χ0n) is 17.9. The first-order chi connectivity index (χ1) is 14.2. The van der Waals surface area contributed by atoms with Gasteiger partial charge in [-0.05, 0) is 52.3 Å². The summed E-state index contributed by atoms with van der Waals surface area (Å²) in [5, 5.41) is 7.86. The van der Waals surface area contributed by atoms with Gasteiger partial charge < -0.3 is 14.4 Å². The Kier molecular flexibility index (Phi) is 4.46. The van der Waals surface area contributed by atoms with Gasteiger partial charge in [0.2, 0.25) is 5.91 Å². The molecule has 4 heterocycles. The van der Waals surface area contributed by atoms with E-state index in [-0.39, 0.29) is 28.9 Å². The molecule has 3 aliphatic rings. The number of halogens is 1. The minimum Gasteiger partial charge on any atom is -0.487 e. The van der Waals surface area contributed by atoms with Crippen molar-refractivity contribution in [3.63, 3.8) is 0 Å². The fourth-order valence-electron chi connectivity index (χ4n) is 5.38. The van der Waals surface area contributed by atoms with Crippen molar-refractivity contribution in [1.82, 2.24) is 15.1 Å². The van der Waals surface area contributed by atoms with Crippen molar-refractivity contribution in [2.45, 2.75) is 52.2 Å². The number of aromatic nitrogens is 2. The monoisotopic (exact) mass is 429 g/mol. The number of fused-ring (bicyclic) bond motifs is 3. The summed E-state index contributed by atoms with van der Waals surface area (Å²) in [6.07, 6.45) is 1.36. The van der Waals surface area contributed by atoms with Gasteiger partial charge in [-0.15, -0.1) is 0 Å². The molecule has 0 radical (unpaired) electrons. The Hall–Kier alpha value is -2.05. The van der Waals surface area contributed by atoms with Gasteiger partial charge in [0.25, 0.3) is 0 Å². The number of carbonyl (C=O) groups excluding carboxylic acids is 1. The zero-order valence-corrected chi connectivity index (χ0v) is 18.7. The molecule has 3 aliphatic heterocycles. The number of carbonyl (C=O) groups is 1. The summed E-state index contributed by atoms with van der Waals surface area (Å²) in [7, 11) is 0. The second kappa shape index (κ2) is 6.72. The van der Waals surface area contributed by atoms with Gasteiger partial charge in [0.05, 0.1) is 24.8 Å². The SMILES string of the molecule is Cc1n[nH]c(C)c1CC(=O)N1CC2(CO[C@@H]3c4cc(Cl)ccc4OC(C)(C)[C@H]3C2)C1. The van der Waals surface area contributed by atoms with Crippen molar-refractivity contribution in [2.24, 2.45) is 11.3 Å². The number of H-pyrrole nitrogens is 1. The molecule has 0 bridgehead atoms. The Bertz CT molecular complexity index is 990. The average molecular weight is 430 g/mol. The van der Waals surface area contributed by atoms with E-state index < -0.39 is 0 Å². The van der Waals surface area contributed by atoms with E-state index >= 15 is 0 Å². The minimum atomic E-state index is -0.339. The Labute approximate surface area is 181 Å². The van der Waals surface area contributed by atoms with Gasteiger partial charge >= 0.3 is 0 Å². The first kappa shape index (κ1) is 19.9. The maximum Gasteiger partial charge on any atom is 0.227 e. The molecule has 1 amide bonds. The lowest BCUT2D eigenvalue weighted by Gasteiger charge is -2.58. The predicted octanol–water partition coefficient (Wildman–Crippen LogP) is 4.00. The third-order valence-electron chi connectivity index (χ3n) is 7.15. The number of amides is 1. The molecular weight excluding hydrogens is 402 g/mol. The Morgan fingerprint density at radius 2 is 2.10 bits per heavy atom. The summed E-state index contributed by atoms with van der Waals surface area (Å²) < 4.78 is 12.8. The van der Waals surface area contributed by atoms with Gasteiger partial charge in [-0.3, -0.25) is 9.89 Å². The lowest BCUT2D eigenvalue weighted by atomic mass is 9.64. The molecule has 0 aliphatic carbocycles. The number of benzene rings is 1. The van der Waals surface area contributed by atoms with Crippen LogP contribution in [-0.4, -0.2) is 46.3 Å². The first-order valence-corrected chi connectivity index (χ1v) is 10.9. The maximum atomic E-state index is 12.8. The molecule has 0 saturated carbocycles. The highest BCUT2D eigenvalue weighted by Crippen LogP contribution is 2.55. The van der Waals surface area contributed by atoms with Gasteiger partial charge in [0.15, 0.2) is 0 Å². The standard InChI is InChI=1S/C23H28ClN3O3/c1-13-16(14(2)26-25-13)8-20(28)27-10-23(11-27)9-18-21(29-12-23)17-7-15(24)5-6-19(17)30-22(18,3)4/h5-7,18,21H,8-12H2,1-4H3,(H,25,26)/t18-,21+/m0/s1. The summed E-state index contributed by atoms with van der Waals surface area (Å²) in [5.41, 5.74) is 3.59. The number of nitrogens with zero attached hydrogens (tertiary/aromatic N) is 2. The summed E-state index contributed by atoms with van der Waals surface area (Å²) in [6.45, 7) is 10.3. The molecule has 160 valence electrons. The van der Waals surface area contributed by atoms with Crippen LogP contribution in [-0.2, 0) is 16.0 Å². The Morgan fingerprint density at radius 3 is 2.80 bits per heavy atom. The highest BCUT2D eigenvalue weighted by atomic mass is 35.5. The highest BCUT2D eigenvalue weighted by molar-refractivity contribution is 6.30. The van der Waals surface area contributed by atoms with Gasteiger partial charge in [-0.25, -0.2) is 0 Å². The molecule has 1 spiro atoms. The molecule has 2 fully saturated rings. The molecule has 1 aromatic heterocycles. The number of aryl methyl sites for hydroxylation is 2. The summed E-state index contributed by atoms with van der Waals surface area (Å²) in [4.78, 5) is 14.8. The summed E-state index contributed by atoms with van der Waals surface area (Å²) in [5.74, 6) is 1.23. The number of hydrogen-bond donors (Lipinski definition) is 1. The molecule has 6 nitrogen and oxygen atoms in total. The van der Waals surface area contributed by atoms with E-state index in [4.69, 9.17) is 21.1 Å². The molecule has 2 aromatic rings. The average Bonchev–Trinajstić information content (AvgIpc) is 2.98. The summed E-state index contributed by atoms with van der Waals surface area (Å²) in [6, 6.07) is 5.76. The van der Waals surface area contributed by atoms with Gasteiger partial charge in [0.1, 0.15) is 11.4 Å². The van der Waals surface area contributed by atoms with Gasteiger partial charge in [-0.2, -0.15) is 5.10 Å². The van der Waals surface area contributed by atoms with E-state index in [2.05, 4.69) is 24.0 Å². The van der Waals surface area contributed by atoms with Crippen LogP contribution in [0.15, 0.2) is 18.2 Å². The molecular formula is C23H28ClN3O3. The van der Waals surface area contributed by atoms with Gasteiger partial charge in [0, 0.05) is 46.3 Å². The number of rotatable bonds is 2. The second-order valence-electron chi connectivity index (χ2n) is 9.77. The van der Waals surface area contributed by atoms with Crippen LogP contribution in [0.25, 0.3) is 0 Å². The minimum absolute atomic E-state index is 0.00796. The van der Waals surface area contributed by atoms with E-state index in [1.807, 2.05) is 36.9 Å². The number of hydrogen-bond acceptors (Lipinski definition) is 4. The van der Waals surface area contributed by atoms with Crippen LogP contribution >= 0.6 is 11.6 Å². The Morgan fingerprint density at radius 1 is 1.33 bits per heavy atom. The summed E-state index contributed by atoms with van der Waals surface area (Å²) >= 11 is 6.25. The lowest BCUT2D eigenvalue weighted by molar-refractivity contribution is -0.201. The number of nitrogens with one attached hydrogen (secondary N) is 1. The zero-order chi connectivity index (χ0) is 21.3. The van der Waals surface area contributed by atoms with Crippen molar-refractivity contribution in [2.75, 3.05) is 19.7 Å². The third kappa shape index (κ3) is 3.12. The number of ether oxygens (including phenoxy) is 2. The van der Waals surface area contributed by atoms with E-state index in [9.17, 15) is 4.79 Å². The van der Waals surface area contributed by atoms with Crippen LogP contribution in [0.3, 0.4) is 0 Å². The molecule has 2 atom stereocenters. The van der Waals surface area contributed by atoms with Crippen molar-refractivity contribution in [3.05, 3.63) is 45.7 Å². The van der Waals surface area contributed by atoms with Crippen LogP contribution in [0.1, 0.15) is 48.9 Å². The molecule has 2 saturated heterocycles. The molecule has 7 heteroatoms. The lowest BCUT2D eigenvalue weighted by Crippen LogP contribution is -2.65. The van der Waals surface area contributed by atoms with Crippen molar-refractivity contribution >= 4 is 17.5 Å². The second-order valence-corrected chi connectivity index (χ2v) is 10.2. The van der Waals surface area contributed by atoms with Crippen LogP contribution < -0.4 is 4.74 Å². The molecule has 1 aromatic carbocycles. The maximum absolute atomic E-state index is 12.8. The smallest absolute Gasteiger partial charge is 0.227 e.